The monoisotopic (exact) mass is 242 g/mol. The minimum atomic E-state index is 0.155. The summed E-state index contributed by atoms with van der Waals surface area (Å²) in [5.41, 5.74) is 5.43. The molecular weight excluding hydrogens is 216 g/mol. The van der Waals surface area contributed by atoms with Gasteiger partial charge in [-0.3, -0.25) is 4.79 Å². The Bertz CT molecular complexity index is 215. The van der Waals surface area contributed by atoms with Gasteiger partial charge in [0.15, 0.2) is 0 Å². The number of amides is 1. The lowest BCUT2D eigenvalue weighted by Gasteiger charge is -2.24. The van der Waals surface area contributed by atoms with Gasteiger partial charge in [-0.25, -0.2) is 0 Å². The zero-order chi connectivity index (χ0) is 12.5. The summed E-state index contributed by atoms with van der Waals surface area (Å²) in [5, 5.41) is 0. The fourth-order valence-corrected chi connectivity index (χ4v) is 2.11. The van der Waals surface area contributed by atoms with E-state index < -0.39 is 0 Å². The predicted molar refractivity (Wildman–Crippen MR) is 68.8 cm³/mol. The number of carbonyl (C=O) groups is 1. The number of ether oxygens (including phenoxy) is 1. The van der Waals surface area contributed by atoms with Gasteiger partial charge in [0.1, 0.15) is 0 Å². The minimum Gasteiger partial charge on any atom is -0.378 e. The maximum Gasteiger partial charge on any atom is 0.224 e. The molecule has 0 radical (unpaired) electrons. The second-order valence-electron chi connectivity index (χ2n) is 4.86. The Morgan fingerprint density at radius 2 is 2.18 bits per heavy atom. The van der Waals surface area contributed by atoms with E-state index in [0.29, 0.717) is 6.42 Å². The van der Waals surface area contributed by atoms with Crippen molar-refractivity contribution in [3.8, 4) is 0 Å². The Labute approximate surface area is 104 Å². The van der Waals surface area contributed by atoms with E-state index in [9.17, 15) is 4.79 Å². The van der Waals surface area contributed by atoms with Crippen molar-refractivity contribution >= 4 is 5.91 Å². The van der Waals surface area contributed by atoms with Crippen LogP contribution in [0.3, 0.4) is 0 Å². The van der Waals surface area contributed by atoms with Crippen LogP contribution in [-0.2, 0) is 9.53 Å². The molecule has 1 unspecified atom stereocenters. The van der Waals surface area contributed by atoms with E-state index in [1.165, 1.54) is 6.42 Å². The van der Waals surface area contributed by atoms with Crippen LogP contribution in [0.4, 0.5) is 0 Å². The molecule has 0 aromatic heterocycles. The first-order valence-electron chi connectivity index (χ1n) is 6.79. The van der Waals surface area contributed by atoms with Crippen molar-refractivity contribution in [2.75, 3.05) is 26.7 Å². The van der Waals surface area contributed by atoms with Crippen LogP contribution in [0.25, 0.3) is 0 Å². The first kappa shape index (κ1) is 14.5. The molecule has 1 fully saturated rings. The van der Waals surface area contributed by atoms with Crippen LogP contribution >= 0.6 is 0 Å². The van der Waals surface area contributed by atoms with Gasteiger partial charge in [-0.15, -0.1) is 0 Å². The average molecular weight is 242 g/mol. The lowest BCUT2D eigenvalue weighted by molar-refractivity contribution is -0.133. The Balaban J connectivity index is 2.12. The van der Waals surface area contributed by atoms with E-state index in [1.807, 2.05) is 11.9 Å². The number of carbonyl (C=O) groups excluding carboxylic acids is 1. The smallest absolute Gasteiger partial charge is 0.224 e. The van der Waals surface area contributed by atoms with Gasteiger partial charge in [0.25, 0.3) is 0 Å². The van der Waals surface area contributed by atoms with Crippen molar-refractivity contribution in [2.45, 2.75) is 51.0 Å². The molecule has 2 N–H and O–H groups in total. The van der Waals surface area contributed by atoms with Crippen LogP contribution in [0.15, 0.2) is 0 Å². The van der Waals surface area contributed by atoms with E-state index in [2.05, 4.69) is 0 Å². The Hall–Kier alpha value is -0.610. The SMILES string of the molecule is CN(CCCCCN)C(=O)CC1CCCCO1. The largest absolute Gasteiger partial charge is 0.378 e. The zero-order valence-electron chi connectivity index (χ0n) is 11.0. The van der Waals surface area contributed by atoms with Crippen molar-refractivity contribution in [1.82, 2.24) is 4.90 Å². The molecule has 0 saturated carbocycles. The molecule has 0 aromatic rings. The highest BCUT2D eigenvalue weighted by molar-refractivity contribution is 5.76. The van der Waals surface area contributed by atoms with E-state index in [-0.39, 0.29) is 12.0 Å². The van der Waals surface area contributed by atoms with Gasteiger partial charge in [-0.05, 0) is 38.6 Å². The van der Waals surface area contributed by atoms with E-state index in [1.54, 1.807) is 0 Å². The van der Waals surface area contributed by atoms with Crippen molar-refractivity contribution < 1.29 is 9.53 Å². The minimum absolute atomic E-state index is 0.155. The standard InChI is InChI=1S/C13H26N2O2/c1-15(9-5-2-4-8-14)13(16)11-12-7-3-6-10-17-12/h12H,2-11,14H2,1H3. The highest BCUT2D eigenvalue weighted by Crippen LogP contribution is 2.16. The molecule has 1 saturated heterocycles. The molecule has 4 heteroatoms. The van der Waals surface area contributed by atoms with Gasteiger partial charge in [0, 0.05) is 20.2 Å². The molecular formula is C13H26N2O2. The molecule has 0 aliphatic carbocycles. The molecule has 1 rings (SSSR count). The Kier molecular flexibility index (Phi) is 7.21. The summed E-state index contributed by atoms with van der Waals surface area (Å²) >= 11 is 0. The number of hydrogen-bond donors (Lipinski definition) is 1. The van der Waals surface area contributed by atoms with Gasteiger partial charge in [0.05, 0.1) is 12.5 Å². The van der Waals surface area contributed by atoms with E-state index in [0.717, 1.165) is 51.8 Å². The van der Waals surface area contributed by atoms with Gasteiger partial charge in [-0.2, -0.15) is 0 Å². The van der Waals surface area contributed by atoms with Crippen molar-refractivity contribution in [3.05, 3.63) is 0 Å². The summed E-state index contributed by atoms with van der Waals surface area (Å²) in [6.45, 7) is 2.40. The third kappa shape index (κ3) is 6.03. The zero-order valence-corrected chi connectivity index (χ0v) is 11.0. The highest BCUT2D eigenvalue weighted by atomic mass is 16.5. The maximum absolute atomic E-state index is 11.9. The molecule has 4 nitrogen and oxygen atoms in total. The number of hydrogen-bond acceptors (Lipinski definition) is 3. The quantitative estimate of drug-likeness (QED) is 0.689. The first-order chi connectivity index (χ1) is 8.24. The summed E-state index contributed by atoms with van der Waals surface area (Å²) in [6.07, 6.45) is 7.27. The Morgan fingerprint density at radius 3 is 2.82 bits per heavy atom. The van der Waals surface area contributed by atoms with Crippen LogP contribution in [0.5, 0.6) is 0 Å². The fraction of sp³-hybridized carbons (Fsp3) is 0.923. The summed E-state index contributed by atoms with van der Waals surface area (Å²) < 4.78 is 5.58. The van der Waals surface area contributed by atoms with E-state index in [4.69, 9.17) is 10.5 Å². The summed E-state index contributed by atoms with van der Waals surface area (Å²) in [6, 6.07) is 0. The van der Waals surface area contributed by atoms with Crippen LogP contribution < -0.4 is 5.73 Å². The van der Waals surface area contributed by atoms with Crippen molar-refractivity contribution in [3.63, 3.8) is 0 Å². The van der Waals surface area contributed by atoms with Gasteiger partial charge in [0.2, 0.25) is 5.91 Å². The number of nitrogens with zero attached hydrogens (tertiary/aromatic N) is 1. The van der Waals surface area contributed by atoms with Gasteiger partial charge >= 0.3 is 0 Å². The van der Waals surface area contributed by atoms with Crippen LogP contribution in [0, 0.1) is 0 Å². The second kappa shape index (κ2) is 8.48. The van der Waals surface area contributed by atoms with Crippen LogP contribution in [-0.4, -0.2) is 43.7 Å². The second-order valence-corrected chi connectivity index (χ2v) is 4.86. The molecule has 0 spiro atoms. The van der Waals surface area contributed by atoms with Gasteiger partial charge < -0.3 is 15.4 Å². The van der Waals surface area contributed by atoms with Crippen LogP contribution in [0.1, 0.15) is 44.9 Å². The molecule has 1 heterocycles. The molecule has 17 heavy (non-hydrogen) atoms. The molecule has 1 amide bonds. The first-order valence-corrected chi connectivity index (χ1v) is 6.79. The Morgan fingerprint density at radius 1 is 1.35 bits per heavy atom. The lowest BCUT2D eigenvalue weighted by atomic mass is 10.1. The lowest BCUT2D eigenvalue weighted by Crippen LogP contribution is -2.32. The summed E-state index contributed by atoms with van der Waals surface area (Å²) in [5.74, 6) is 0.213. The van der Waals surface area contributed by atoms with Crippen LogP contribution in [0.2, 0.25) is 0 Å². The average Bonchev–Trinajstić information content (AvgIpc) is 2.35. The van der Waals surface area contributed by atoms with Crippen molar-refractivity contribution in [1.29, 1.82) is 0 Å². The summed E-state index contributed by atoms with van der Waals surface area (Å²) in [7, 11) is 1.88. The third-order valence-corrected chi connectivity index (χ3v) is 3.30. The highest BCUT2D eigenvalue weighted by Gasteiger charge is 2.19. The van der Waals surface area contributed by atoms with E-state index >= 15 is 0 Å². The molecule has 0 aromatic carbocycles. The van der Waals surface area contributed by atoms with Crippen molar-refractivity contribution in [2.24, 2.45) is 5.73 Å². The normalized spacial score (nSPS) is 20.2. The molecule has 1 aliphatic heterocycles. The number of rotatable bonds is 7. The summed E-state index contributed by atoms with van der Waals surface area (Å²) in [4.78, 5) is 13.7. The van der Waals surface area contributed by atoms with Gasteiger partial charge in [-0.1, -0.05) is 6.42 Å². The number of unbranched alkanes of at least 4 members (excludes halogenated alkanes) is 2. The predicted octanol–water partition coefficient (Wildman–Crippen LogP) is 1.53. The molecule has 1 aliphatic rings. The molecule has 1 atom stereocenters. The topological polar surface area (TPSA) is 55.6 Å². The molecule has 0 bridgehead atoms. The third-order valence-electron chi connectivity index (χ3n) is 3.30. The fourth-order valence-electron chi connectivity index (χ4n) is 2.11. The molecule has 100 valence electrons. The maximum atomic E-state index is 11.9. The number of nitrogens with two attached hydrogens (primary N) is 1.